The number of nitrogens with zero attached hydrogens (tertiary/aromatic N) is 4. The Bertz CT molecular complexity index is 544. The van der Waals surface area contributed by atoms with E-state index in [4.69, 9.17) is 0 Å². The molecule has 1 heterocycles. The van der Waals surface area contributed by atoms with Crippen LogP contribution in [0.25, 0.3) is 0 Å². The SMILES string of the molecule is Cn1nnc(CSC(Cc2ccccc2)C(=O)O)n1. The number of carboxylic acids is 1. The van der Waals surface area contributed by atoms with Gasteiger partial charge >= 0.3 is 5.97 Å². The second kappa shape index (κ2) is 6.33. The molecule has 0 fully saturated rings. The summed E-state index contributed by atoms with van der Waals surface area (Å²) >= 11 is 1.31. The van der Waals surface area contributed by atoms with Crippen molar-refractivity contribution in [3.05, 3.63) is 41.7 Å². The molecular weight excluding hydrogens is 264 g/mol. The van der Waals surface area contributed by atoms with Crippen LogP contribution in [0.15, 0.2) is 30.3 Å². The third kappa shape index (κ3) is 4.06. The van der Waals surface area contributed by atoms with Gasteiger partial charge in [0.25, 0.3) is 0 Å². The molecular formula is C12H14N4O2S. The molecule has 1 N–H and O–H groups in total. The summed E-state index contributed by atoms with van der Waals surface area (Å²) in [5.74, 6) is 0.169. The maximum atomic E-state index is 11.2. The molecule has 0 aliphatic heterocycles. The Kier molecular flexibility index (Phi) is 4.51. The van der Waals surface area contributed by atoms with E-state index in [1.54, 1.807) is 7.05 Å². The van der Waals surface area contributed by atoms with E-state index in [2.05, 4.69) is 15.4 Å². The summed E-state index contributed by atoms with van der Waals surface area (Å²) in [4.78, 5) is 12.6. The highest BCUT2D eigenvalue weighted by molar-refractivity contribution is 7.99. The number of thioether (sulfide) groups is 1. The Morgan fingerprint density at radius 1 is 1.42 bits per heavy atom. The van der Waals surface area contributed by atoms with Crippen molar-refractivity contribution in [1.29, 1.82) is 0 Å². The Hall–Kier alpha value is -1.89. The lowest BCUT2D eigenvalue weighted by Gasteiger charge is -2.10. The molecule has 0 spiro atoms. The smallest absolute Gasteiger partial charge is 0.316 e. The van der Waals surface area contributed by atoms with Crippen LogP contribution >= 0.6 is 11.8 Å². The molecule has 0 saturated heterocycles. The molecule has 1 atom stereocenters. The Morgan fingerprint density at radius 2 is 2.16 bits per heavy atom. The minimum absolute atomic E-state index is 0.442. The number of carboxylic acid groups (broad SMARTS) is 1. The average Bonchev–Trinajstić information content (AvgIpc) is 2.81. The number of aromatic nitrogens is 4. The van der Waals surface area contributed by atoms with Gasteiger partial charge in [0.2, 0.25) is 0 Å². The largest absolute Gasteiger partial charge is 0.480 e. The van der Waals surface area contributed by atoms with Gasteiger partial charge in [0.15, 0.2) is 5.82 Å². The molecule has 6 nitrogen and oxygen atoms in total. The molecule has 1 aromatic heterocycles. The van der Waals surface area contributed by atoms with Gasteiger partial charge < -0.3 is 5.11 Å². The Labute approximate surface area is 114 Å². The number of benzene rings is 1. The molecule has 1 unspecified atom stereocenters. The molecule has 2 aromatic rings. The topological polar surface area (TPSA) is 80.9 Å². The minimum Gasteiger partial charge on any atom is -0.480 e. The lowest BCUT2D eigenvalue weighted by molar-refractivity contribution is -0.136. The zero-order valence-corrected chi connectivity index (χ0v) is 11.2. The zero-order chi connectivity index (χ0) is 13.7. The molecule has 0 radical (unpaired) electrons. The second-order valence-corrected chi connectivity index (χ2v) is 5.21. The van der Waals surface area contributed by atoms with Crippen molar-refractivity contribution in [2.75, 3.05) is 0 Å². The van der Waals surface area contributed by atoms with Crippen LogP contribution in [0.5, 0.6) is 0 Å². The van der Waals surface area contributed by atoms with Crippen LogP contribution in [0.3, 0.4) is 0 Å². The minimum atomic E-state index is -0.822. The number of aliphatic carboxylic acids is 1. The first kappa shape index (κ1) is 13.5. The van der Waals surface area contributed by atoms with E-state index in [1.165, 1.54) is 16.6 Å². The summed E-state index contributed by atoms with van der Waals surface area (Å²) in [5.41, 5.74) is 1.01. The first-order chi connectivity index (χ1) is 9.15. The summed E-state index contributed by atoms with van der Waals surface area (Å²) < 4.78 is 0. The zero-order valence-electron chi connectivity index (χ0n) is 10.4. The van der Waals surface area contributed by atoms with E-state index < -0.39 is 11.2 Å². The molecule has 19 heavy (non-hydrogen) atoms. The number of tetrazole rings is 1. The highest BCUT2D eigenvalue weighted by Gasteiger charge is 2.19. The molecule has 0 saturated carbocycles. The van der Waals surface area contributed by atoms with Crippen LogP contribution in [-0.2, 0) is 24.0 Å². The average molecular weight is 278 g/mol. The van der Waals surface area contributed by atoms with Gasteiger partial charge in [-0.2, -0.15) is 4.80 Å². The van der Waals surface area contributed by atoms with Gasteiger partial charge in [-0.3, -0.25) is 4.79 Å². The van der Waals surface area contributed by atoms with Gasteiger partial charge in [-0.25, -0.2) is 0 Å². The Morgan fingerprint density at radius 3 is 2.74 bits per heavy atom. The van der Waals surface area contributed by atoms with Crippen LogP contribution in [0.4, 0.5) is 0 Å². The van der Waals surface area contributed by atoms with Crippen molar-refractivity contribution >= 4 is 17.7 Å². The normalized spacial score (nSPS) is 12.3. The van der Waals surface area contributed by atoms with Crippen LogP contribution in [0, 0.1) is 0 Å². The Balaban J connectivity index is 1.95. The van der Waals surface area contributed by atoms with Crippen LogP contribution in [0.1, 0.15) is 11.4 Å². The van der Waals surface area contributed by atoms with Crippen LogP contribution < -0.4 is 0 Å². The number of hydrogen-bond acceptors (Lipinski definition) is 5. The van der Waals surface area contributed by atoms with Crippen molar-refractivity contribution in [3.8, 4) is 0 Å². The van der Waals surface area contributed by atoms with E-state index in [1.807, 2.05) is 30.3 Å². The van der Waals surface area contributed by atoms with E-state index in [0.29, 0.717) is 18.0 Å². The van der Waals surface area contributed by atoms with Gasteiger partial charge in [0.1, 0.15) is 5.25 Å². The van der Waals surface area contributed by atoms with Gasteiger partial charge in [-0.1, -0.05) is 30.3 Å². The maximum Gasteiger partial charge on any atom is 0.316 e. The lowest BCUT2D eigenvalue weighted by atomic mass is 10.1. The molecule has 0 amide bonds. The first-order valence-electron chi connectivity index (χ1n) is 5.76. The molecule has 0 aliphatic carbocycles. The van der Waals surface area contributed by atoms with Crippen molar-refractivity contribution in [2.45, 2.75) is 17.4 Å². The number of rotatable bonds is 6. The van der Waals surface area contributed by atoms with E-state index in [-0.39, 0.29) is 0 Å². The first-order valence-corrected chi connectivity index (χ1v) is 6.81. The van der Waals surface area contributed by atoms with Crippen molar-refractivity contribution in [2.24, 2.45) is 7.05 Å². The van der Waals surface area contributed by atoms with Gasteiger partial charge in [0.05, 0.1) is 12.8 Å². The monoisotopic (exact) mass is 278 g/mol. The quantitative estimate of drug-likeness (QED) is 0.853. The molecule has 0 aliphatic rings. The maximum absolute atomic E-state index is 11.2. The third-order valence-corrected chi connectivity index (χ3v) is 3.70. The fourth-order valence-corrected chi connectivity index (χ4v) is 2.52. The fraction of sp³-hybridized carbons (Fsp3) is 0.333. The van der Waals surface area contributed by atoms with Gasteiger partial charge in [-0.05, 0) is 17.2 Å². The molecule has 1 aromatic carbocycles. The summed E-state index contributed by atoms with van der Waals surface area (Å²) in [6.45, 7) is 0. The highest BCUT2D eigenvalue weighted by Crippen LogP contribution is 2.20. The lowest BCUT2D eigenvalue weighted by Crippen LogP contribution is -2.19. The van der Waals surface area contributed by atoms with Crippen LogP contribution in [0.2, 0.25) is 0 Å². The number of hydrogen-bond donors (Lipinski definition) is 1. The predicted molar refractivity (Wildman–Crippen MR) is 71.7 cm³/mol. The predicted octanol–water partition coefficient (Wildman–Crippen LogP) is 1.14. The highest BCUT2D eigenvalue weighted by atomic mass is 32.2. The molecule has 100 valence electrons. The molecule has 0 bridgehead atoms. The van der Waals surface area contributed by atoms with E-state index >= 15 is 0 Å². The van der Waals surface area contributed by atoms with Crippen LogP contribution in [-0.4, -0.2) is 36.5 Å². The summed E-state index contributed by atoms with van der Waals surface area (Å²) in [5, 5.41) is 20.3. The fourth-order valence-electron chi connectivity index (χ4n) is 1.60. The van der Waals surface area contributed by atoms with Crippen molar-refractivity contribution < 1.29 is 9.90 Å². The van der Waals surface area contributed by atoms with Gasteiger partial charge in [0, 0.05) is 0 Å². The number of aryl methyl sites for hydroxylation is 1. The summed E-state index contributed by atoms with van der Waals surface area (Å²) in [6, 6.07) is 9.58. The summed E-state index contributed by atoms with van der Waals surface area (Å²) in [7, 11) is 1.68. The van der Waals surface area contributed by atoms with E-state index in [0.717, 1.165) is 5.56 Å². The van der Waals surface area contributed by atoms with Crippen molar-refractivity contribution in [3.63, 3.8) is 0 Å². The second-order valence-electron chi connectivity index (χ2n) is 4.02. The van der Waals surface area contributed by atoms with Gasteiger partial charge in [-0.15, -0.1) is 22.0 Å². The van der Waals surface area contributed by atoms with E-state index in [9.17, 15) is 9.90 Å². The van der Waals surface area contributed by atoms with Crippen molar-refractivity contribution in [1.82, 2.24) is 20.2 Å². The summed E-state index contributed by atoms with van der Waals surface area (Å²) in [6.07, 6.45) is 0.487. The molecule has 2 rings (SSSR count). The third-order valence-electron chi connectivity index (χ3n) is 2.50. The standard InChI is InChI=1S/C12H14N4O2S/c1-16-14-11(13-15-16)8-19-10(12(17)18)7-9-5-3-2-4-6-9/h2-6,10H,7-8H2,1H3,(H,17,18). The number of carbonyl (C=O) groups is 1. The molecule has 7 heteroatoms.